The lowest BCUT2D eigenvalue weighted by Gasteiger charge is -2.14. The van der Waals surface area contributed by atoms with E-state index in [0.717, 1.165) is 18.2 Å². The van der Waals surface area contributed by atoms with Crippen LogP contribution < -0.4 is 10.5 Å². The van der Waals surface area contributed by atoms with Crippen molar-refractivity contribution in [1.29, 1.82) is 0 Å². The van der Waals surface area contributed by atoms with Gasteiger partial charge in [-0.2, -0.15) is 0 Å². The second-order valence-corrected chi connectivity index (χ2v) is 3.40. The molecule has 3 N–H and O–H groups in total. The molecule has 0 fully saturated rings. The smallest absolute Gasteiger partial charge is 0.508 e. The maximum atomic E-state index is 12.0. The molecule has 0 radical (unpaired) electrons. The summed E-state index contributed by atoms with van der Waals surface area (Å²) in [5.41, 5.74) is 5.86. The maximum absolute atomic E-state index is 12.0. The number of phenolic OH excluding ortho intramolecular Hbond substituents is 1. The van der Waals surface area contributed by atoms with E-state index < -0.39 is 18.2 Å². The topological polar surface area (TPSA) is 55.5 Å². The van der Waals surface area contributed by atoms with Crippen LogP contribution in [0.2, 0.25) is 0 Å². The van der Waals surface area contributed by atoms with Gasteiger partial charge < -0.3 is 15.6 Å². The summed E-state index contributed by atoms with van der Waals surface area (Å²) in [6, 6.07) is 2.58. The van der Waals surface area contributed by atoms with Crippen molar-refractivity contribution < 1.29 is 23.0 Å². The lowest BCUT2D eigenvalue weighted by molar-refractivity contribution is -0.274. The quantitative estimate of drug-likeness (QED) is 0.834. The summed E-state index contributed by atoms with van der Waals surface area (Å²) >= 11 is 0. The van der Waals surface area contributed by atoms with Crippen LogP contribution in [0.25, 0.3) is 0 Å². The van der Waals surface area contributed by atoms with Crippen molar-refractivity contribution in [3.63, 3.8) is 0 Å². The minimum atomic E-state index is -4.77. The van der Waals surface area contributed by atoms with Crippen molar-refractivity contribution in [2.45, 2.75) is 18.8 Å². The molecule has 0 bridgehead atoms. The summed E-state index contributed by atoms with van der Waals surface area (Å²) in [5.74, 6) is -0.585. The zero-order valence-corrected chi connectivity index (χ0v) is 10.1. The van der Waals surface area contributed by atoms with Gasteiger partial charge >= 0.3 is 6.36 Å². The molecule has 1 rings (SSSR count). The van der Waals surface area contributed by atoms with Crippen LogP contribution in [0.1, 0.15) is 18.0 Å². The Morgan fingerprint density at radius 1 is 1.44 bits per heavy atom. The molecule has 102 valence electrons. The summed E-state index contributed by atoms with van der Waals surface area (Å²) in [4.78, 5) is 0. The molecule has 0 saturated carbocycles. The number of hydrogen-bond acceptors (Lipinski definition) is 3. The molecular formula is C11H13ClF3NO2. The van der Waals surface area contributed by atoms with Crippen molar-refractivity contribution >= 4 is 12.4 Å². The highest BCUT2D eigenvalue weighted by atomic mass is 35.5. The molecule has 0 aliphatic rings. The van der Waals surface area contributed by atoms with Gasteiger partial charge in [-0.3, -0.25) is 0 Å². The van der Waals surface area contributed by atoms with E-state index in [0.29, 0.717) is 6.42 Å². The Hall–Kier alpha value is -1.40. The molecule has 0 amide bonds. The molecule has 0 aliphatic heterocycles. The normalized spacial score (nSPS) is 12.4. The third kappa shape index (κ3) is 4.85. The van der Waals surface area contributed by atoms with Gasteiger partial charge in [0.1, 0.15) is 11.5 Å². The summed E-state index contributed by atoms with van der Waals surface area (Å²) in [6.07, 6.45) is -2.92. The van der Waals surface area contributed by atoms with E-state index >= 15 is 0 Å². The van der Waals surface area contributed by atoms with Crippen LogP contribution in [0.15, 0.2) is 30.9 Å². The number of hydrogen-bond donors (Lipinski definition) is 2. The van der Waals surface area contributed by atoms with Crippen molar-refractivity contribution in [3.8, 4) is 11.5 Å². The average molecular weight is 284 g/mol. The molecule has 0 unspecified atom stereocenters. The van der Waals surface area contributed by atoms with E-state index in [1.54, 1.807) is 0 Å². The van der Waals surface area contributed by atoms with Crippen molar-refractivity contribution in [1.82, 2.24) is 0 Å². The Bertz CT molecular complexity index is 410. The van der Waals surface area contributed by atoms with E-state index in [4.69, 9.17) is 5.73 Å². The van der Waals surface area contributed by atoms with E-state index in [2.05, 4.69) is 11.3 Å². The maximum Gasteiger partial charge on any atom is 0.573 e. The molecule has 1 aromatic carbocycles. The Balaban J connectivity index is 0.00000289. The number of rotatable bonds is 4. The molecule has 0 saturated heterocycles. The standard InChI is InChI=1S/C11H12F3NO2.ClH/c1-2-3-9(15)8-6-7(4-5-10(8)16)17-11(12,13)14;/h2,4-6,9,16H,1,3,15H2;1H/t9-;/m1./s1. The second kappa shape index (κ2) is 6.51. The van der Waals surface area contributed by atoms with E-state index in [1.807, 2.05) is 0 Å². The predicted octanol–water partition coefficient (Wildman–Crippen LogP) is 3.29. The third-order valence-electron chi connectivity index (χ3n) is 2.05. The average Bonchev–Trinajstić information content (AvgIpc) is 2.19. The molecule has 0 heterocycles. The van der Waals surface area contributed by atoms with E-state index in [9.17, 15) is 18.3 Å². The predicted molar refractivity (Wildman–Crippen MR) is 63.8 cm³/mol. The highest BCUT2D eigenvalue weighted by Crippen LogP contribution is 2.31. The lowest BCUT2D eigenvalue weighted by atomic mass is 10.0. The highest BCUT2D eigenvalue weighted by molar-refractivity contribution is 5.85. The molecule has 18 heavy (non-hydrogen) atoms. The van der Waals surface area contributed by atoms with Crippen LogP contribution in [0.4, 0.5) is 13.2 Å². The molecule has 7 heteroatoms. The first-order valence-electron chi connectivity index (χ1n) is 4.78. The van der Waals surface area contributed by atoms with Crippen LogP contribution >= 0.6 is 12.4 Å². The Labute approximate surface area is 108 Å². The molecule has 3 nitrogen and oxygen atoms in total. The second-order valence-electron chi connectivity index (χ2n) is 3.40. The summed E-state index contributed by atoms with van der Waals surface area (Å²) < 4.78 is 39.7. The fourth-order valence-corrected chi connectivity index (χ4v) is 1.33. The van der Waals surface area contributed by atoms with Crippen molar-refractivity contribution in [2.24, 2.45) is 5.73 Å². The largest absolute Gasteiger partial charge is 0.573 e. The number of halogens is 4. The molecule has 1 atom stereocenters. The number of ether oxygens (including phenoxy) is 1. The number of nitrogens with two attached hydrogens (primary N) is 1. The molecule has 0 aliphatic carbocycles. The minimum Gasteiger partial charge on any atom is -0.508 e. The first-order valence-corrected chi connectivity index (χ1v) is 4.78. The minimum absolute atomic E-state index is 0. The Morgan fingerprint density at radius 2 is 2.06 bits per heavy atom. The molecule has 1 aromatic rings. The van der Waals surface area contributed by atoms with Gasteiger partial charge in [-0.05, 0) is 24.6 Å². The number of alkyl halides is 3. The van der Waals surface area contributed by atoms with Crippen LogP contribution in [0, 0.1) is 0 Å². The Morgan fingerprint density at radius 3 is 2.56 bits per heavy atom. The van der Waals surface area contributed by atoms with Gasteiger partial charge in [0, 0.05) is 11.6 Å². The first-order chi connectivity index (χ1) is 7.83. The van der Waals surface area contributed by atoms with Gasteiger partial charge in [0.05, 0.1) is 0 Å². The summed E-state index contributed by atoms with van der Waals surface area (Å²) in [5, 5.41) is 9.48. The lowest BCUT2D eigenvalue weighted by Crippen LogP contribution is -2.17. The zero-order chi connectivity index (χ0) is 13.1. The van der Waals surface area contributed by atoms with Crippen molar-refractivity contribution in [3.05, 3.63) is 36.4 Å². The third-order valence-corrected chi connectivity index (χ3v) is 2.05. The monoisotopic (exact) mass is 283 g/mol. The fourth-order valence-electron chi connectivity index (χ4n) is 1.33. The van der Waals surface area contributed by atoms with Crippen molar-refractivity contribution in [2.75, 3.05) is 0 Å². The SMILES string of the molecule is C=CC[C@@H](N)c1cc(OC(F)(F)F)ccc1O.Cl. The van der Waals surface area contributed by atoms with Crippen LogP contribution in [0.5, 0.6) is 11.5 Å². The summed E-state index contributed by atoms with van der Waals surface area (Å²) in [7, 11) is 0. The molecular weight excluding hydrogens is 271 g/mol. The van der Waals surface area contributed by atoms with Gasteiger partial charge in [0.2, 0.25) is 0 Å². The number of phenols is 1. The van der Waals surface area contributed by atoms with Crippen LogP contribution in [0.3, 0.4) is 0 Å². The van der Waals surface area contributed by atoms with Gasteiger partial charge in [0.25, 0.3) is 0 Å². The molecule has 0 spiro atoms. The van der Waals surface area contributed by atoms with Gasteiger partial charge in [0.15, 0.2) is 0 Å². The van der Waals surface area contributed by atoms with Crippen LogP contribution in [-0.4, -0.2) is 11.5 Å². The molecule has 0 aromatic heterocycles. The van der Waals surface area contributed by atoms with E-state index in [1.165, 1.54) is 6.08 Å². The van der Waals surface area contributed by atoms with Gasteiger partial charge in [-0.15, -0.1) is 32.2 Å². The fraction of sp³-hybridized carbons (Fsp3) is 0.273. The highest BCUT2D eigenvalue weighted by Gasteiger charge is 2.31. The first kappa shape index (κ1) is 16.6. The van der Waals surface area contributed by atoms with Gasteiger partial charge in [-0.25, -0.2) is 0 Å². The van der Waals surface area contributed by atoms with Crippen LogP contribution in [-0.2, 0) is 0 Å². The summed E-state index contributed by atoms with van der Waals surface area (Å²) in [6.45, 7) is 3.46. The Kier molecular flexibility index (Phi) is 6.00. The van der Waals surface area contributed by atoms with E-state index in [-0.39, 0.29) is 23.7 Å². The zero-order valence-electron chi connectivity index (χ0n) is 9.28. The number of benzene rings is 1. The van der Waals surface area contributed by atoms with Gasteiger partial charge in [-0.1, -0.05) is 6.08 Å². The number of aromatic hydroxyl groups is 1.